The van der Waals surface area contributed by atoms with Gasteiger partial charge in [-0.15, -0.1) is 0 Å². The van der Waals surface area contributed by atoms with E-state index in [4.69, 9.17) is 9.47 Å². The molecule has 1 heterocycles. The summed E-state index contributed by atoms with van der Waals surface area (Å²) < 4.78 is 11.4. The van der Waals surface area contributed by atoms with Crippen LogP contribution in [0, 0.1) is 22.7 Å². The van der Waals surface area contributed by atoms with Gasteiger partial charge in [0.15, 0.2) is 6.29 Å². The van der Waals surface area contributed by atoms with Gasteiger partial charge in [-0.3, -0.25) is 0 Å². The normalized spacial score (nSPS) is 46.2. The predicted octanol–water partition coefficient (Wildman–Crippen LogP) is 3.77. The average molecular weight is 250 g/mol. The highest BCUT2D eigenvalue weighted by Gasteiger charge is 2.56. The summed E-state index contributed by atoms with van der Waals surface area (Å²) in [6.45, 7) is 8.17. The van der Waals surface area contributed by atoms with Crippen molar-refractivity contribution < 1.29 is 9.47 Å². The molecule has 2 fully saturated rings. The molecule has 3 aliphatic rings. The summed E-state index contributed by atoms with van der Waals surface area (Å²) in [6, 6.07) is 0. The van der Waals surface area contributed by atoms with Crippen molar-refractivity contribution in [1.82, 2.24) is 0 Å². The summed E-state index contributed by atoms with van der Waals surface area (Å²) in [6.07, 6.45) is 7.70. The van der Waals surface area contributed by atoms with Crippen LogP contribution in [0.1, 0.15) is 46.5 Å². The molecule has 4 atom stereocenters. The van der Waals surface area contributed by atoms with Crippen LogP contribution in [0.2, 0.25) is 0 Å². The Hall–Kier alpha value is -0.340. The van der Waals surface area contributed by atoms with Crippen LogP contribution in [0.15, 0.2) is 11.6 Å². The van der Waals surface area contributed by atoms with Crippen LogP contribution >= 0.6 is 0 Å². The minimum absolute atomic E-state index is 0.0158. The van der Waals surface area contributed by atoms with Crippen molar-refractivity contribution in [1.29, 1.82) is 0 Å². The van der Waals surface area contributed by atoms with E-state index < -0.39 is 0 Å². The molecule has 1 saturated heterocycles. The fourth-order valence-electron chi connectivity index (χ4n) is 5.06. The zero-order chi connectivity index (χ0) is 13.0. The number of ether oxygens (including phenoxy) is 2. The van der Waals surface area contributed by atoms with Crippen LogP contribution in [0.3, 0.4) is 0 Å². The molecule has 0 spiro atoms. The third-order valence-corrected chi connectivity index (χ3v) is 5.92. The van der Waals surface area contributed by atoms with Gasteiger partial charge in [-0.05, 0) is 41.6 Å². The molecule has 3 rings (SSSR count). The molecular formula is C16H26O2. The van der Waals surface area contributed by atoms with E-state index in [-0.39, 0.29) is 6.29 Å². The molecule has 18 heavy (non-hydrogen) atoms. The van der Waals surface area contributed by atoms with E-state index in [1.807, 2.05) is 0 Å². The lowest BCUT2D eigenvalue weighted by molar-refractivity contribution is -0.156. The summed E-state index contributed by atoms with van der Waals surface area (Å²) >= 11 is 0. The first kappa shape index (κ1) is 12.7. The van der Waals surface area contributed by atoms with Gasteiger partial charge in [0, 0.05) is 13.0 Å². The lowest BCUT2D eigenvalue weighted by atomic mass is 9.49. The molecule has 0 radical (unpaired) electrons. The van der Waals surface area contributed by atoms with Crippen LogP contribution in [-0.2, 0) is 9.47 Å². The minimum atomic E-state index is -0.0158. The molecule has 2 nitrogen and oxygen atoms in total. The van der Waals surface area contributed by atoms with Crippen molar-refractivity contribution >= 4 is 0 Å². The van der Waals surface area contributed by atoms with Crippen LogP contribution in [0.5, 0.6) is 0 Å². The summed E-state index contributed by atoms with van der Waals surface area (Å²) in [4.78, 5) is 0. The van der Waals surface area contributed by atoms with Gasteiger partial charge in [-0.2, -0.15) is 0 Å². The fourth-order valence-corrected chi connectivity index (χ4v) is 5.06. The number of allylic oxidation sites excluding steroid dienone is 1. The summed E-state index contributed by atoms with van der Waals surface area (Å²) in [7, 11) is 1.79. The van der Waals surface area contributed by atoms with E-state index in [0.29, 0.717) is 16.7 Å². The van der Waals surface area contributed by atoms with Gasteiger partial charge in [-0.25, -0.2) is 0 Å². The van der Waals surface area contributed by atoms with Crippen LogP contribution in [0.25, 0.3) is 0 Å². The van der Waals surface area contributed by atoms with E-state index in [1.165, 1.54) is 31.3 Å². The lowest BCUT2D eigenvalue weighted by Gasteiger charge is -2.56. The van der Waals surface area contributed by atoms with Gasteiger partial charge >= 0.3 is 0 Å². The molecule has 0 N–H and O–H groups in total. The van der Waals surface area contributed by atoms with E-state index in [0.717, 1.165) is 12.5 Å². The number of hydrogen-bond donors (Lipinski definition) is 0. The molecule has 2 heteroatoms. The standard InChI is InChI=1S/C16H26O2/c1-15(2)8-5-9-16(3)12(15)7-6-11-10-18-14(17-4)13(11)16/h6,12-14H,5,7-10H2,1-4H3/t12-,13+,14+,16-/m0/s1. The maximum atomic E-state index is 5.84. The number of methoxy groups -OCH3 is 1. The highest BCUT2D eigenvalue weighted by Crippen LogP contribution is 2.61. The molecular weight excluding hydrogens is 224 g/mol. The van der Waals surface area contributed by atoms with Gasteiger partial charge in [-0.1, -0.05) is 33.3 Å². The molecule has 0 aromatic heterocycles. The number of fused-ring (bicyclic) bond motifs is 3. The Morgan fingerprint density at radius 3 is 2.78 bits per heavy atom. The van der Waals surface area contributed by atoms with Gasteiger partial charge in [0.25, 0.3) is 0 Å². The molecule has 0 aromatic carbocycles. The van der Waals surface area contributed by atoms with Crippen molar-refractivity contribution in [3.63, 3.8) is 0 Å². The van der Waals surface area contributed by atoms with Crippen LogP contribution in [0.4, 0.5) is 0 Å². The first-order valence-corrected chi connectivity index (χ1v) is 7.32. The first-order valence-electron chi connectivity index (χ1n) is 7.32. The highest BCUT2D eigenvalue weighted by atomic mass is 16.7. The Balaban J connectivity index is 2.01. The Bertz CT molecular complexity index is 371. The van der Waals surface area contributed by atoms with Crippen molar-refractivity contribution in [2.75, 3.05) is 13.7 Å². The Morgan fingerprint density at radius 1 is 1.28 bits per heavy atom. The highest BCUT2D eigenvalue weighted by molar-refractivity contribution is 5.23. The van der Waals surface area contributed by atoms with E-state index in [1.54, 1.807) is 7.11 Å². The van der Waals surface area contributed by atoms with E-state index in [9.17, 15) is 0 Å². The molecule has 102 valence electrons. The van der Waals surface area contributed by atoms with E-state index >= 15 is 0 Å². The smallest absolute Gasteiger partial charge is 0.164 e. The first-order chi connectivity index (χ1) is 8.49. The monoisotopic (exact) mass is 250 g/mol. The lowest BCUT2D eigenvalue weighted by Crippen LogP contribution is -2.50. The van der Waals surface area contributed by atoms with Gasteiger partial charge in [0.05, 0.1) is 6.61 Å². The summed E-state index contributed by atoms with van der Waals surface area (Å²) in [5.74, 6) is 1.26. The van der Waals surface area contributed by atoms with Crippen LogP contribution in [-0.4, -0.2) is 20.0 Å². The van der Waals surface area contributed by atoms with E-state index in [2.05, 4.69) is 26.8 Å². The van der Waals surface area contributed by atoms with Crippen molar-refractivity contribution in [3.8, 4) is 0 Å². The van der Waals surface area contributed by atoms with Crippen molar-refractivity contribution in [3.05, 3.63) is 11.6 Å². The zero-order valence-electron chi connectivity index (χ0n) is 12.2. The second-order valence-electron chi connectivity index (χ2n) is 7.31. The topological polar surface area (TPSA) is 18.5 Å². The van der Waals surface area contributed by atoms with Crippen molar-refractivity contribution in [2.45, 2.75) is 52.7 Å². The third kappa shape index (κ3) is 1.61. The third-order valence-electron chi connectivity index (χ3n) is 5.92. The zero-order valence-corrected chi connectivity index (χ0v) is 12.2. The molecule has 0 unspecified atom stereocenters. The molecule has 0 aromatic rings. The molecule has 1 aliphatic heterocycles. The second-order valence-corrected chi connectivity index (χ2v) is 7.31. The number of rotatable bonds is 1. The minimum Gasteiger partial charge on any atom is -0.355 e. The fraction of sp³-hybridized carbons (Fsp3) is 0.875. The van der Waals surface area contributed by atoms with Gasteiger partial charge in [0.2, 0.25) is 0 Å². The SMILES string of the molecule is CO[C@@H]1OCC2=CC[C@H]3C(C)(C)CCC[C@]3(C)[C@H]21. The second kappa shape index (κ2) is 4.08. The maximum absolute atomic E-state index is 5.84. The molecule has 2 aliphatic carbocycles. The molecule has 0 amide bonds. The largest absolute Gasteiger partial charge is 0.355 e. The quantitative estimate of drug-likeness (QED) is 0.660. The van der Waals surface area contributed by atoms with Crippen molar-refractivity contribution in [2.24, 2.45) is 22.7 Å². The Labute approximate surface area is 111 Å². The number of hydrogen-bond acceptors (Lipinski definition) is 2. The molecule has 1 saturated carbocycles. The Morgan fingerprint density at radius 2 is 2.06 bits per heavy atom. The van der Waals surface area contributed by atoms with Gasteiger partial charge in [0.1, 0.15) is 0 Å². The van der Waals surface area contributed by atoms with Crippen LogP contribution < -0.4 is 0 Å². The summed E-state index contributed by atoms with van der Waals surface area (Å²) in [5, 5.41) is 0. The maximum Gasteiger partial charge on any atom is 0.164 e. The van der Waals surface area contributed by atoms with Gasteiger partial charge < -0.3 is 9.47 Å². The summed E-state index contributed by atoms with van der Waals surface area (Å²) in [5.41, 5.74) is 2.32. The molecule has 0 bridgehead atoms. The Kier molecular flexibility index (Phi) is 2.87. The average Bonchev–Trinajstić information content (AvgIpc) is 2.72. The predicted molar refractivity (Wildman–Crippen MR) is 72.2 cm³/mol.